The standard InChI is InChI=1S/C12H15N3O/c1-2-8-15-10(3-1)9-12(14-15)16-11-4-6-13-7-5-11/h1-3,8-9,11,13H,4-7H2. The van der Waals surface area contributed by atoms with Crippen LogP contribution in [-0.4, -0.2) is 28.8 Å². The summed E-state index contributed by atoms with van der Waals surface area (Å²) in [5.41, 5.74) is 1.08. The molecule has 1 fully saturated rings. The predicted octanol–water partition coefficient (Wildman–Crippen LogP) is 1.47. The molecule has 1 N–H and O–H groups in total. The van der Waals surface area contributed by atoms with E-state index in [0.29, 0.717) is 6.10 Å². The lowest BCUT2D eigenvalue weighted by molar-refractivity contribution is 0.155. The molecule has 0 aliphatic carbocycles. The average molecular weight is 217 g/mol. The third-order valence-electron chi connectivity index (χ3n) is 2.92. The topological polar surface area (TPSA) is 38.6 Å². The van der Waals surface area contributed by atoms with E-state index in [1.807, 2.05) is 35.0 Å². The van der Waals surface area contributed by atoms with Crippen molar-refractivity contribution in [1.82, 2.24) is 14.9 Å². The van der Waals surface area contributed by atoms with Crippen molar-refractivity contribution < 1.29 is 4.74 Å². The first kappa shape index (κ1) is 9.66. The number of nitrogens with one attached hydrogen (secondary N) is 1. The van der Waals surface area contributed by atoms with Crippen LogP contribution >= 0.6 is 0 Å². The van der Waals surface area contributed by atoms with E-state index in [4.69, 9.17) is 4.74 Å². The Morgan fingerprint density at radius 3 is 3.00 bits per heavy atom. The van der Waals surface area contributed by atoms with E-state index in [-0.39, 0.29) is 0 Å². The summed E-state index contributed by atoms with van der Waals surface area (Å²) in [4.78, 5) is 0. The summed E-state index contributed by atoms with van der Waals surface area (Å²) in [6.45, 7) is 2.08. The van der Waals surface area contributed by atoms with E-state index in [1.54, 1.807) is 0 Å². The summed E-state index contributed by atoms with van der Waals surface area (Å²) >= 11 is 0. The molecule has 0 saturated carbocycles. The lowest BCUT2D eigenvalue weighted by Gasteiger charge is -2.22. The van der Waals surface area contributed by atoms with Crippen LogP contribution in [0.25, 0.3) is 5.52 Å². The molecule has 0 atom stereocenters. The lowest BCUT2D eigenvalue weighted by Crippen LogP contribution is -2.34. The summed E-state index contributed by atoms with van der Waals surface area (Å²) in [6, 6.07) is 7.99. The molecule has 16 heavy (non-hydrogen) atoms. The van der Waals surface area contributed by atoms with Gasteiger partial charge >= 0.3 is 0 Å². The van der Waals surface area contributed by atoms with Crippen molar-refractivity contribution in [2.24, 2.45) is 0 Å². The summed E-state index contributed by atoms with van der Waals surface area (Å²) in [5.74, 6) is 0.734. The monoisotopic (exact) mass is 217 g/mol. The zero-order chi connectivity index (χ0) is 10.8. The highest BCUT2D eigenvalue weighted by atomic mass is 16.5. The first-order valence-electron chi connectivity index (χ1n) is 5.73. The maximum atomic E-state index is 5.87. The molecule has 2 aromatic heterocycles. The SMILES string of the molecule is c1ccn2nc(OC3CCNCC3)cc2c1. The highest BCUT2D eigenvalue weighted by molar-refractivity contribution is 5.48. The normalized spacial score (nSPS) is 17.8. The van der Waals surface area contributed by atoms with Gasteiger partial charge in [-0.1, -0.05) is 6.07 Å². The quantitative estimate of drug-likeness (QED) is 0.827. The zero-order valence-electron chi connectivity index (χ0n) is 9.10. The minimum absolute atomic E-state index is 0.311. The molecule has 0 bridgehead atoms. The summed E-state index contributed by atoms with van der Waals surface area (Å²) < 4.78 is 7.71. The Morgan fingerprint density at radius 2 is 2.19 bits per heavy atom. The summed E-state index contributed by atoms with van der Waals surface area (Å²) in [6.07, 6.45) is 4.37. The molecule has 1 aliphatic heterocycles. The second-order valence-electron chi connectivity index (χ2n) is 4.12. The fourth-order valence-electron chi connectivity index (χ4n) is 2.06. The predicted molar refractivity (Wildman–Crippen MR) is 61.7 cm³/mol. The van der Waals surface area contributed by atoms with Crippen molar-refractivity contribution in [2.45, 2.75) is 18.9 Å². The second-order valence-corrected chi connectivity index (χ2v) is 4.12. The number of ether oxygens (including phenoxy) is 1. The van der Waals surface area contributed by atoms with E-state index in [9.17, 15) is 0 Å². The van der Waals surface area contributed by atoms with Crippen LogP contribution in [0, 0.1) is 0 Å². The van der Waals surface area contributed by atoms with Gasteiger partial charge in [-0.2, -0.15) is 0 Å². The Bertz CT molecular complexity index is 441. The van der Waals surface area contributed by atoms with Crippen molar-refractivity contribution in [3.8, 4) is 5.88 Å². The number of hydrogen-bond donors (Lipinski definition) is 1. The van der Waals surface area contributed by atoms with Crippen LogP contribution < -0.4 is 10.1 Å². The van der Waals surface area contributed by atoms with E-state index in [0.717, 1.165) is 37.3 Å². The van der Waals surface area contributed by atoms with Crippen LogP contribution in [-0.2, 0) is 0 Å². The Morgan fingerprint density at radius 1 is 1.31 bits per heavy atom. The van der Waals surface area contributed by atoms with Gasteiger partial charge in [-0.3, -0.25) is 0 Å². The van der Waals surface area contributed by atoms with Gasteiger partial charge in [0.1, 0.15) is 6.10 Å². The molecule has 0 aromatic carbocycles. The third kappa shape index (κ3) is 1.88. The van der Waals surface area contributed by atoms with Gasteiger partial charge in [0.2, 0.25) is 5.88 Å². The van der Waals surface area contributed by atoms with Gasteiger partial charge in [-0.15, -0.1) is 5.10 Å². The van der Waals surface area contributed by atoms with Gasteiger partial charge in [0.05, 0.1) is 5.52 Å². The van der Waals surface area contributed by atoms with Crippen molar-refractivity contribution in [2.75, 3.05) is 13.1 Å². The van der Waals surface area contributed by atoms with E-state index in [2.05, 4.69) is 10.4 Å². The molecule has 4 heteroatoms. The number of hydrogen-bond acceptors (Lipinski definition) is 3. The number of aromatic nitrogens is 2. The Balaban J connectivity index is 1.78. The number of rotatable bonds is 2. The number of pyridine rings is 1. The maximum Gasteiger partial charge on any atom is 0.234 e. The first-order valence-corrected chi connectivity index (χ1v) is 5.73. The summed E-state index contributed by atoms with van der Waals surface area (Å²) in [7, 11) is 0. The number of fused-ring (bicyclic) bond motifs is 1. The molecule has 84 valence electrons. The molecule has 0 amide bonds. The van der Waals surface area contributed by atoms with Crippen LogP contribution in [0.15, 0.2) is 30.5 Å². The van der Waals surface area contributed by atoms with E-state index >= 15 is 0 Å². The van der Waals surface area contributed by atoms with Gasteiger partial charge in [-0.25, -0.2) is 4.52 Å². The molecule has 2 aromatic rings. The minimum Gasteiger partial charge on any atom is -0.473 e. The highest BCUT2D eigenvalue weighted by Gasteiger charge is 2.15. The molecule has 0 spiro atoms. The molecular formula is C12H15N3O. The van der Waals surface area contributed by atoms with Crippen molar-refractivity contribution in [3.63, 3.8) is 0 Å². The fourth-order valence-corrected chi connectivity index (χ4v) is 2.06. The van der Waals surface area contributed by atoms with Gasteiger partial charge in [0.25, 0.3) is 0 Å². The minimum atomic E-state index is 0.311. The van der Waals surface area contributed by atoms with Crippen molar-refractivity contribution in [1.29, 1.82) is 0 Å². The molecule has 3 rings (SSSR count). The van der Waals surface area contributed by atoms with Gasteiger partial charge in [0.15, 0.2) is 0 Å². The van der Waals surface area contributed by atoms with Crippen LogP contribution in [0.4, 0.5) is 0 Å². The van der Waals surface area contributed by atoms with Gasteiger partial charge in [-0.05, 0) is 38.1 Å². The average Bonchev–Trinajstić information content (AvgIpc) is 2.72. The summed E-state index contributed by atoms with van der Waals surface area (Å²) in [5, 5.41) is 7.70. The van der Waals surface area contributed by atoms with Gasteiger partial charge in [0, 0.05) is 12.3 Å². The first-order chi connectivity index (χ1) is 7.92. The zero-order valence-corrected chi connectivity index (χ0v) is 9.10. The smallest absolute Gasteiger partial charge is 0.234 e. The number of piperidine rings is 1. The van der Waals surface area contributed by atoms with Crippen LogP contribution in [0.3, 0.4) is 0 Å². The van der Waals surface area contributed by atoms with E-state index in [1.165, 1.54) is 0 Å². The Labute approximate surface area is 94.2 Å². The molecule has 4 nitrogen and oxygen atoms in total. The molecule has 0 radical (unpaired) electrons. The third-order valence-corrected chi connectivity index (χ3v) is 2.92. The Hall–Kier alpha value is -1.55. The molecule has 1 aliphatic rings. The molecule has 3 heterocycles. The largest absolute Gasteiger partial charge is 0.473 e. The molecule has 1 saturated heterocycles. The van der Waals surface area contributed by atoms with Crippen LogP contribution in [0.2, 0.25) is 0 Å². The second kappa shape index (κ2) is 4.14. The van der Waals surface area contributed by atoms with Crippen LogP contribution in [0.5, 0.6) is 5.88 Å². The molecule has 0 unspecified atom stereocenters. The Kier molecular flexibility index (Phi) is 2.50. The maximum absolute atomic E-state index is 5.87. The molecular weight excluding hydrogens is 202 g/mol. The van der Waals surface area contributed by atoms with Gasteiger partial charge < -0.3 is 10.1 Å². The fraction of sp³-hybridized carbons (Fsp3) is 0.417. The van der Waals surface area contributed by atoms with Crippen LogP contribution in [0.1, 0.15) is 12.8 Å². The van der Waals surface area contributed by atoms with Crippen molar-refractivity contribution in [3.05, 3.63) is 30.5 Å². The number of nitrogens with zero attached hydrogens (tertiary/aromatic N) is 2. The van der Waals surface area contributed by atoms with E-state index < -0.39 is 0 Å². The van der Waals surface area contributed by atoms with Crippen molar-refractivity contribution >= 4 is 5.52 Å². The highest BCUT2D eigenvalue weighted by Crippen LogP contribution is 2.17. The lowest BCUT2D eigenvalue weighted by atomic mass is 10.1.